The van der Waals surface area contributed by atoms with Crippen molar-refractivity contribution in [2.45, 2.75) is 6.42 Å². The first-order valence-electron chi connectivity index (χ1n) is 10.3. The molecule has 2 aromatic carbocycles. The summed E-state index contributed by atoms with van der Waals surface area (Å²) >= 11 is 0. The second-order valence-electron chi connectivity index (χ2n) is 7.00. The molecule has 0 saturated carbocycles. The zero-order valence-electron chi connectivity index (χ0n) is 17.6. The molecule has 4 aromatic rings. The number of carbonyl (C=O) groups excluding carboxylic acids is 2. The highest BCUT2D eigenvalue weighted by atomic mass is 16.5. The molecule has 2 aromatic heterocycles. The molecule has 0 unspecified atom stereocenters. The lowest BCUT2D eigenvalue weighted by Gasteiger charge is -2.21. The van der Waals surface area contributed by atoms with Crippen LogP contribution >= 0.6 is 0 Å². The minimum atomic E-state index is -0.703. The number of para-hydroxylation sites is 2. The molecular weight excluding hydrogens is 420 g/mol. The SMILES string of the molecule is N#CCCN(C(=O)COC(=O)c1cc(-c2ccco2)nn1-c1ccccc1)c1ccccc1. The van der Waals surface area contributed by atoms with Gasteiger partial charge in [0, 0.05) is 18.3 Å². The zero-order valence-corrected chi connectivity index (χ0v) is 17.6. The molecule has 0 saturated heterocycles. The lowest BCUT2D eigenvalue weighted by Crippen LogP contribution is -2.35. The molecule has 0 aliphatic rings. The number of hydrogen-bond donors (Lipinski definition) is 0. The molecule has 0 atom stereocenters. The molecule has 33 heavy (non-hydrogen) atoms. The van der Waals surface area contributed by atoms with Crippen LogP contribution in [-0.2, 0) is 9.53 Å². The lowest BCUT2D eigenvalue weighted by molar-refractivity contribution is -0.121. The molecule has 0 bridgehead atoms. The van der Waals surface area contributed by atoms with E-state index >= 15 is 0 Å². The number of esters is 1. The number of benzene rings is 2. The van der Waals surface area contributed by atoms with Gasteiger partial charge in [0.2, 0.25) is 0 Å². The molecule has 164 valence electrons. The average molecular weight is 440 g/mol. The van der Waals surface area contributed by atoms with Crippen LogP contribution in [0.15, 0.2) is 89.5 Å². The van der Waals surface area contributed by atoms with E-state index in [-0.39, 0.29) is 18.7 Å². The third-order valence-electron chi connectivity index (χ3n) is 4.84. The van der Waals surface area contributed by atoms with E-state index < -0.39 is 18.5 Å². The van der Waals surface area contributed by atoms with Gasteiger partial charge in [-0.15, -0.1) is 0 Å². The Bertz CT molecular complexity index is 1260. The van der Waals surface area contributed by atoms with Crippen LogP contribution in [-0.4, -0.2) is 34.8 Å². The van der Waals surface area contributed by atoms with Crippen molar-refractivity contribution >= 4 is 17.6 Å². The fraction of sp³-hybridized carbons (Fsp3) is 0.120. The monoisotopic (exact) mass is 440 g/mol. The van der Waals surface area contributed by atoms with Crippen LogP contribution in [0, 0.1) is 11.3 Å². The molecule has 0 N–H and O–H groups in total. The van der Waals surface area contributed by atoms with Gasteiger partial charge in [0.15, 0.2) is 18.1 Å². The van der Waals surface area contributed by atoms with Crippen LogP contribution < -0.4 is 4.90 Å². The molecule has 1 amide bonds. The molecule has 8 nitrogen and oxygen atoms in total. The van der Waals surface area contributed by atoms with Gasteiger partial charge in [-0.05, 0) is 36.4 Å². The number of nitrogens with zero attached hydrogens (tertiary/aromatic N) is 4. The summed E-state index contributed by atoms with van der Waals surface area (Å²) in [6.45, 7) is -0.281. The van der Waals surface area contributed by atoms with Gasteiger partial charge < -0.3 is 14.1 Å². The molecule has 0 aliphatic carbocycles. The number of carbonyl (C=O) groups is 2. The van der Waals surface area contributed by atoms with E-state index in [1.54, 1.807) is 54.6 Å². The molecule has 0 fully saturated rings. The number of furan rings is 1. The van der Waals surface area contributed by atoms with Gasteiger partial charge in [0.1, 0.15) is 5.69 Å². The van der Waals surface area contributed by atoms with E-state index in [4.69, 9.17) is 14.4 Å². The summed E-state index contributed by atoms with van der Waals surface area (Å²) in [6, 6.07) is 25.1. The Morgan fingerprint density at radius 3 is 2.42 bits per heavy atom. The van der Waals surface area contributed by atoms with Gasteiger partial charge in [0.05, 0.1) is 24.4 Å². The van der Waals surface area contributed by atoms with Crippen molar-refractivity contribution in [2.75, 3.05) is 18.1 Å². The van der Waals surface area contributed by atoms with E-state index in [1.165, 1.54) is 15.8 Å². The maximum absolute atomic E-state index is 13.0. The smallest absolute Gasteiger partial charge is 0.357 e. The molecular formula is C25H20N4O4. The summed E-state index contributed by atoms with van der Waals surface area (Å²) in [6.07, 6.45) is 1.68. The number of rotatable bonds is 8. The van der Waals surface area contributed by atoms with Gasteiger partial charge in [-0.1, -0.05) is 36.4 Å². The Balaban J connectivity index is 1.55. The fourth-order valence-corrected chi connectivity index (χ4v) is 3.28. The number of nitriles is 1. The quantitative estimate of drug-likeness (QED) is 0.380. The number of anilines is 1. The van der Waals surface area contributed by atoms with Crippen LogP contribution in [0.1, 0.15) is 16.9 Å². The second-order valence-corrected chi connectivity index (χ2v) is 7.00. The topological polar surface area (TPSA) is 101 Å². The number of amides is 1. The zero-order chi connectivity index (χ0) is 23.0. The van der Waals surface area contributed by atoms with E-state index in [0.717, 1.165) is 0 Å². The van der Waals surface area contributed by atoms with Gasteiger partial charge in [-0.25, -0.2) is 9.48 Å². The summed E-state index contributed by atoms with van der Waals surface area (Å²) in [5.41, 5.74) is 1.91. The summed E-state index contributed by atoms with van der Waals surface area (Å²) in [4.78, 5) is 27.2. The molecule has 4 rings (SSSR count). The number of ether oxygens (including phenoxy) is 1. The molecule has 2 heterocycles. The van der Waals surface area contributed by atoms with Gasteiger partial charge in [0.25, 0.3) is 5.91 Å². The van der Waals surface area contributed by atoms with Crippen LogP contribution in [0.5, 0.6) is 0 Å². The first-order chi connectivity index (χ1) is 16.2. The summed E-state index contributed by atoms with van der Waals surface area (Å²) < 4.78 is 12.2. The summed E-state index contributed by atoms with van der Waals surface area (Å²) in [7, 11) is 0. The largest absolute Gasteiger partial charge is 0.463 e. The van der Waals surface area contributed by atoms with Gasteiger partial charge >= 0.3 is 5.97 Å². The Hall–Kier alpha value is -4.64. The van der Waals surface area contributed by atoms with Crippen molar-refractivity contribution in [1.29, 1.82) is 5.26 Å². The second kappa shape index (κ2) is 10.1. The van der Waals surface area contributed by atoms with Crippen LogP contribution in [0.4, 0.5) is 5.69 Å². The van der Waals surface area contributed by atoms with E-state index in [2.05, 4.69) is 5.10 Å². The highest BCUT2D eigenvalue weighted by Gasteiger charge is 2.23. The lowest BCUT2D eigenvalue weighted by atomic mass is 10.2. The van der Waals surface area contributed by atoms with E-state index in [9.17, 15) is 9.59 Å². The van der Waals surface area contributed by atoms with Gasteiger partial charge in [-0.3, -0.25) is 4.79 Å². The first kappa shape index (κ1) is 21.6. The van der Waals surface area contributed by atoms with Crippen molar-refractivity contribution < 1.29 is 18.7 Å². The van der Waals surface area contributed by atoms with Crippen molar-refractivity contribution in [3.05, 3.63) is 90.8 Å². The highest BCUT2D eigenvalue weighted by Crippen LogP contribution is 2.23. The standard InChI is InChI=1S/C25H20N4O4/c26-14-8-15-28(19-9-3-1-4-10-19)24(30)18-33-25(31)22-17-21(23-13-7-16-32-23)27-29(22)20-11-5-2-6-12-20/h1-7,9-13,16-17H,8,15,18H2. The molecule has 0 spiro atoms. The third kappa shape index (κ3) is 4.99. The minimum Gasteiger partial charge on any atom is -0.463 e. The van der Waals surface area contributed by atoms with Gasteiger partial charge in [-0.2, -0.15) is 10.4 Å². The maximum atomic E-state index is 13.0. The number of aromatic nitrogens is 2. The van der Waals surface area contributed by atoms with E-state index in [0.29, 0.717) is 22.8 Å². The average Bonchev–Trinajstić information content (AvgIpc) is 3.54. The molecule has 0 aliphatic heterocycles. The summed E-state index contributed by atoms with van der Waals surface area (Å²) in [5.74, 6) is -0.630. The summed E-state index contributed by atoms with van der Waals surface area (Å²) in [5, 5.41) is 13.4. The predicted octanol–water partition coefficient (Wildman–Crippen LogP) is 4.24. The van der Waals surface area contributed by atoms with Crippen LogP contribution in [0.3, 0.4) is 0 Å². The minimum absolute atomic E-state index is 0.155. The van der Waals surface area contributed by atoms with Crippen molar-refractivity contribution in [1.82, 2.24) is 9.78 Å². The molecule has 0 radical (unpaired) electrons. The number of hydrogen-bond acceptors (Lipinski definition) is 6. The van der Waals surface area contributed by atoms with Crippen molar-refractivity contribution in [2.24, 2.45) is 0 Å². The fourth-order valence-electron chi connectivity index (χ4n) is 3.28. The maximum Gasteiger partial charge on any atom is 0.357 e. The first-order valence-corrected chi connectivity index (χ1v) is 10.3. The normalized spacial score (nSPS) is 10.4. The van der Waals surface area contributed by atoms with E-state index in [1.807, 2.05) is 30.3 Å². The van der Waals surface area contributed by atoms with Crippen molar-refractivity contribution in [3.63, 3.8) is 0 Å². The Labute approximate surface area is 190 Å². The van der Waals surface area contributed by atoms with Crippen LogP contribution in [0.25, 0.3) is 17.1 Å². The molecule has 8 heteroatoms. The predicted molar refractivity (Wildman–Crippen MR) is 121 cm³/mol. The Morgan fingerprint density at radius 1 is 1.03 bits per heavy atom. The highest BCUT2D eigenvalue weighted by molar-refractivity contribution is 5.97. The third-order valence-corrected chi connectivity index (χ3v) is 4.84. The Morgan fingerprint density at radius 2 is 1.76 bits per heavy atom. The van der Waals surface area contributed by atoms with Crippen molar-refractivity contribution in [3.8, 4) is 23.2 Å². The van der Waals surface area contributed by atoms with Crippen LogP contribution in [0.2, 0.25) is 0 Å². The Kier molecular flexibility index (Phi) is 6.61.